The molecule has 0 aromatic carbocycles. The van der Waals surface area contributed by atoms with Gasteiger partial charge in [-0.1, -0.05) is 13.8 Å². The second kappa shape index (κ2) is 8.07. The van der Waals surface area contributed by atoms with Gasteiger partial charge in [0.2, 0.25) is 11.8 Å². The van der Waals surface area contributed by atoms with Crippen LogP contribution in [0.5, 0.6) is 0 Å². The number of amides is 2. The molecule has 3 fully saturated rings. The molecule has 0 aromatic heterocycles. The van der Waals surface area contributed by atoms with Crippen LogP contribution in [0.3, 0.4) is 0 Å². The van der Waals surface area contributed by atoms with E-state index in [-0.39, 0.29) is 31.2 Å². The average molecular weight is 523 g/mol. The van der Waals surface area contributed by atoms with Crippen molar-refractivity contribution in [1.29, 1.82) is 0 Å². The Morgan fingerprint density at radius 3 is 2.21 bits per heavy atom. The molecule has 15 heteroatoms. The minimum absolute atomic E-state index is 0.0553. The van der Waals surface area contributed by atoms with Gasteiger partial charge in [0.25, 0.3) is 10.1 Å². The highest BCUT2D eigenvalue weighted by atomic mass is 32.2. The molecule has 4 unspecified atom stereocenters. The van der Waals surface area contributed by atoms with Gasteiger partial charge in [0.1, 0.15) is 5.75 Å². The quantitative estimate of drug-likeness (QED) is 0.323. The summed E-state index contributed by atoms with van der Waals surface area (Å²) >= 11 is 0. The third-order valence-corrected chi connectivity index (χ3v) is 7.92. The van der Waals surface area contributed by atoms with E-state index in [0.29, 0.717) is 6.42 Å². The van der Waals surface area contributed by atoms with Crippen LogP contribution in [0.25, 0.3) is 0 Å². The van der Waals surface area contributed by atoms with Gasteiger partial charge in [0, 0.05) is 18.4 Å². The summed E-state index contributed by atoms with van der Waals surface area (Å²) in [5.74, 6) is -8.08. The summed E-state index contributed by atoms with van der Waals surface area (Å²) in [6.45, 7) is 3.18. The van der Waals surface area contributed by atoms with Gasteiger partial charge in [-0.2, -0.15) is 34.8 Å². The molecule has 34 heavy (non-hydrogen) atoms. The summed E-state index contributed by atoms with van der Waals surface area (Å²) in [5, 5.41) is 0. The van der Waals surface area contributed by atoms with E-state index >= 15 is 0 Å². The largest absolute Gasteiger partial charge is 0.438 e. The van der Waals surface area contributed by atoms with Crippen molar-refractivity contribution in [1.82, 2.24) is 4.90 Å². The predicted octanol–water partition coefficient (Wildman–Crippen LogP) is 2.73. The van der Waals surface area contributed by atoms with Crippen molar-refractivity contribution >= 4 is 27.9 Å². The van der Waals surface area contributed by atoms with E-state index in [0.717, 1.165) is 4.90 Å². The number of carbonyl (C=O) groups is 3. The zero-order chi connectivity index (χ0) is 26.1. The Bertz CT molecular complexity index is 978. The highest BCUT2D eigenvalue weighted by Gasteiger charge is 2.76. The highest BCUT2D eigenvalue weighted by molar-refractivity contribution is 7.85. The molecule has 1 N–H and O–H groups in total. The third-order valence-electron chi connectivity index (χ3n) is 7.15. The van der Waals surface area contributed by atoms with Crippen LogP contribution >= 0.6 is 0 Å². The summed E-state index contributed by atoms with van der Waals surface area (Å²) in [5.41, 5.74) is -6.80. The number of likely N-dealkylation sites (tertiary alicyclic amines) is 1. The lowest BCUT2D eigenvalue weighted by Gasteiger charge is -2.38. The fourth-order valence-corrected chi connectivity index (χ4v) is 6.67. The van der Waals surface area contributed by atoms with E-state index in [2.05, 4.69) is 4.74 Å². The molecule has 3 rings (SSSR count). The molecule has 0 radical (unpaired) electrons. The third kappa shape index (κ3) is 4.29. The summed E-state index contributed by atoms with van der Waals surface area (Å²) in [6.07, 6.45) is -13.1. The van der Waals surface area contributed by atoms with Crippen LogP contribution in [-0.4, -0.2) is 65.9 Å². The molecule has 8 nitrogen and oxygen atoms in total. The predicted molar refractivity (Wildman–Crippen MR) is 100 cm³/mol. The molecule has 3 aliphatic rings. The second-order valence-electron chi connectivity index (χ2n) is 9.65. The summed E-state index contributed by atoms with van der Waals surface area (Å²) in [6, 6.07) is 0. The number of imide groups is 1. The topological polar surface area (TPSA) is 118 Å². The van der Waals surface area contributed by atoms with Crippen molar-refractivity contribution in [3.63, 3.8) is 0 Å². The number of ether oxygens (including phenoxy) is 1. The zero-order valence-corrected chi connectivity index (χ0v) is 18.9. The van der Waals surface area contributed by atoms with E-state index < -0.39 is 75.3 Å². The molecule has 0 aromatic rings. The zero-order valence-electron chi connectivity index (χ0n) is 18.1. The first kappa shape index (κ1) is 26.7. The number of hydrogen-bond donors (Lipinski definition) is 1. The number of carbonyl (C=O) groups excluding carboxylic acids is 3. The van der Waals surface area contributed by atoms with Gasteiger partial charge in [-0.3, -0.25) is 23.8 Å². The van der Waals surface area contributed by atoms with Crippen molar-refractivity contribution in [2.24, 2.45) is 29.1 Å². The van der Waals surface area contributed by atoms with E-state index in [4.69, 9.17) is 4.55 Å². The first-order valence-electron chi connectivity index (χ1n) is 10.4. The molecule has 4 atom stereocenters. The summed E-state index contributed by atoms with van der Waals surface area (Å²) in [4.78, 5) is 38.9. The number of fused-ring (bicyclic) bond motifs is 5. The number of rotatable bonds is 6. The highest BCUT2D eigenvalue weighted by Crippen LogP contribution is 2.65. The van der Waals surface area contributed by atoms with Crippen LogP contribution in [0.1, 0.15) is 39.5 Å². The van der Waals surface area contributed by atoms with E-state index in [9.17, 15) is 49.1 Å². The van der Waals surface area contributed by atoms with Crippen molar-refractivity contribution in [2.45, 2.75) is 57.5 Å². The van der Waals surface area contributed by atoms with Crippen molar-refractivity contribution in [3.8, 4) is 0 Å². The minimum Gasteiger partial charge on any atom is -0.438 e. The first-order chi connectivity index (χ1) is 15.2. The Morgan fingerprint density at radius 1 is 1.18 bits per heavy atom. The second-order valence-corrected chi connectivity index (χ2v) is 11.1. The van der Waals surface area contributed by atoms with Crippen LogP contribution in [-0.2, 0) is 29.2 Å². The fourth-order valence-electron chi connectivity index (χ4n) is 5.77. The minimum atomic E-state index is -6.42. The Labute approximate surface area is 190 Å². The van der Waals surface area contributed by atoms with Gasteiger partial charge in [-0.15, -0.1) is 0 Å². The van der Waals surface area contributed by atoms with E-state index in [1.54, 1.807) is 13.8 Å². The standard InChI is InChI=1S/C19H23F6NO7S/c1-9(2)14(28)26-7-11-10-3-4-16(5-10,13(11)15(26)29)6-12(27)33-17(18(20,21)22,19(23,24)25)8-34(30,31)32/h9-11,13H,3-8H2,1-2H3,(H,30,31,32). The molecule has 194 valence electrons. The van der Waals surface area contributed by atoms with Crippen molar-refractivity contribution in [2.75, 3.05) is 12.3 Å². The first-order valence-corrected chi connectivity index (χ1v) is 12.0. The molecule has 0 spiro atoms. The molecule has 2 aliphatic carbocycles. The van der Waals surface area contributed by atoms with Crippen molar-refractivity contribution in [3.05, 3.63) is 0 Å². The van der Waals surface area contributed by atoms with Gasteiger partial charge in [0.15, 0.2) is 0 Å². The monoisotopic (exact) mass is 523 g/mol. The molecular formula is C19H23F6NO7S. The average Bonchev–Trinajstić information content (AvgIpc) is 3.27. The van der Waals surface area contributed by atoms with Crippen LogP contribution in [0, 0.1) is 29.1 Å². The van der Waals surface area contributed by atoms with Crippen LogP contribution in [0.2, 0.25) is 0 Å². The Hall–Kier alpha value is -1.90. The normalized spacial score (nSPS) is 29.6. The Kier molecular flexibility index (Phi) is 6.34. The maximum atomic E-state index is 13.5. The smallest absolute Gasteiger partial charge is 0.438 e. The van der Waals surface area contributed by atoms with Crippen LogP contribution < -0.4 is 0 Å². The fraction of sp³-hybridized carbons (Fsp3) is 0.842. The van der Waals surface area contributed by atoms with E-state index in [1.807, 2.05) is 0 Å². The molecule has 1 aliphatic heterocycles. The van der Waals surface area contributed by atoms with Crippen LogP contribution in [0.4, 0.5) is 26.3 Å². The lowest BCUT2D eigenvalue weighted by molar-refractivity contribution is -0.361. The molecule has 2 amide bonds. The van der Waals surface area contributed by atoms with Gasteiger partial charge < -0.3 is 4.74 Å². The van der Waals surface area contributed by atoms with Gasteiger partial charge in [-0.25, -0.2) is 0 Å². The number of esters is 1. The number of nitrogens with zero attached hydrogens (tertiary/aromatic N) is 1. The van der Waals surface area contributed by atoms with Gasteiger partial charge in [-0.05, 0) is 36.5 Å². The van der Waals surface area contributed by atoms with E-state index in [1.165, 1.54) is 0 Å². The Balaban J connectivity index is 1.91. The number of halogens is 6. The Morgan fingerprint density at radius 2 is 1.74 bits per heavy atom. The number of alkyl halides is 6. The van der Waals surface area contributed by atoms with Gasteiger partial charge in [0.05, 0.1) is 6.42 Å². The SMILES string of the molecule is CC(C)C(=O)N1CC2C3CCC(CC(=O)OC(CS(=O)(=O)O)(C(F)(F)F)C(F)(F)F)(C3)C2C1=O. The summed E-state index contributed by atoms with van der Waals surface area (Å²) in [7, 11) is -5.90. The maximum Gasteiger partial charge on any atom is 0.438 e. The lowest BCUT2D eigenvalue weighted by atomic mass is 9.69. The molecular weight excluding hydrogens is 500 g/mol. The van der Waals surface area contributed by atoms with Gasteiger partial charge >= 0.3 is 23.9 Å². The molecule has 1 saturated heterocycles. The maximum absolute atomic E-state index is 13.5. The molecule has 1 heterocycles. The lowest BCUT2D eigenvalue weighted by Crippen LogP contribution is -2.63. The summed E-state index contributed by atoms with van der Waals surface area (Å²) < 4.78 is 116. The number of hydrogen-bond acceptors (Lipinski definition) is 6. The van der Waals surface area contributed by atoms with Crippen molar-refractivity contribution < 1.29 is 58.4 Å². The molecule has 2 saturated carbocycles. The molecule has 2 bridgehead atoms. The van der Waals surface area contributed by atoms with Crippen LogP contribution in [0.15, 0.2) is 0 Å².